The van der Waals surface area contributed by atoms with Crippen molar-refractivity contribution < 1.29 is 4.80 Å². The smallest absolute Gasteiger partial charge is 0.155 e. The predicted octanol–water partition coefficient (Wildman–Crippen LogP) is 6.68. The van der Waals surface area contributed by atoms with Gasteiger partial charge in [-0.1, -0.05) is 102 Å². The van der Waals surface area contributed by atoms with Gasteiger partial charge in [-0.3, -0.25) is 0 Å². The number of hydrogen-bond acceptors (Lipinski definition) is 1. The average molecular weight is 391 g/mol. The van der Waals surface area contributed by atoms with Crippen molar-refractivity contribution in [1.82, 2.24) is 0 Å². The third-order valence-electron chi connectivity index (χ3n) is 8.34. The van der Waals surface area contributed by atoms with Crippen molar-refractivity contribution in [2.24, 2.45) is 0 Å². The lowest BCUT2D eigenvalue weighted by Crippen LogP contribution is -2.90. The van der Waals surface area contributed by atoms with Gasteiger partial charge in [0.2, 0.25) is 0 Å². The van der Waals surface area contributed by atoms with Crippen molar-refractivity contribution in [3.05, 3.63) is 0 Å². The minimum absolute atomic E-state index is 0.249. The molecule has 0 unspecified atom stereocenters. The molecule has 0 aromatic rings. The van der Waals surface area contributed by atoms with Crippen LogP contribution in [0.1, 0.15) is 62.3 Å². The lowest BCUT2D eigenvalue weighted by Gasteiger charge is -2.66. The van der Waals surface area contributed by atoms with Crippen LogP contribution in [0.4, 0.5) is 0 Å². The lowest BCUT2D eigenvalue weighted by molar-refractivity contribution is 0.573. The molecule has 0 aromatic heterocycles. The van der Waals surface area contributed by atoms with E-state index in [0.717, 1.165) is 0 Å². The highest BCUT2D eigenvalue weighted by Crippen LogP contribution is 2.57. The highest BCUT2D eigenvalue weighted by atomic mass is 29.9. The molecular formula is C18H46OSi4. The Hall–Kier alpha value is 0.828. The summed E-state index contributed by atoms with van der Waals surface area (Å²) in [5, 5.41) is 0.747. The summed E-state index contributed by atoms with van der Waals surface area (Å²) in [5.74, 6) is 0. The molecule has 0 heterocycles. The maximum atomic E-state index is 12.9. The molecule has 0 aliphatic rings. The van der Waals surface area contributed by atoms with Crippen molar-refractivity contribution in [3.63, 3.8) is 0 Å². The van der Waals surface area contributed by atoms with Gasteiger partial charge in [-0.05, 0) is 15.1 Å². The van der Waals surface area contributed by atoms with Crippen LogP contribution in [0.2, 0.25) is 54.4 Å². The molecule has 0 aliphatic carbocycles. The van der Waals surface area contributed by atoms with Gasteiger partial charge in [-0.25, -0.2) is 0 Å². The van der Waals surface area contributed by atoms with Crippen molar-refractivity contribution in [2.75, 3.05) is 0 Å². The Morgan fingerprint density at radius 1 is 0.435 bits per heavy atom. The van der Waals surface area contributed by atoms with Crippen LogP contribution in [0.3, 0.4) is 0 Å². The van der Waals surface area contributed by atoms with E-state index in [1.165, 1.54) is 0 Å². The SMILES string of the molecule is CC(C)(C)[Si](C)(C)[Si](O)([Si](C)(C)C(C)(C)C)[Si](C)(C)C(C)(C)C. The van der Waals surface area contributed by atoms with E-state index in [1.807, 2.05) is 0 Å². The third-order valence-corrected chi connectivity index (χ3v) is 81.8. The second kappa shape index (κ2) is 5.93. The van der Waals surface area contributed by atoms with Crippen LogP contribution in [0.15, 0.2) is 0 Å². The fourth-order valence-corrected chi connectivity index (χ4v) is 98.2. The molecule has 0 amide bonds. The van der Waals surface area contributed by atoms with Crippen LogP contribution in [-0.2, 0) is 0 Å². The van der Waals surface area contributed by atoms with E-state index in [4.69, 9.17) is 0 Å². The van der Waals surface area contributed by atoms with Crippen LogP contribution >= 0.6 is 0 Å². The first-order valence-corrected chi connectivity index (χ1v) is 23.2. The van der Waals surface area contributed by atoms with E-state index in [-0.39, 0.29) is 15.1 Å². The number of rotatable bonds is 3. The maximum Gasteiger partial charge on any atom is 0.155 e. The van der Waals surface area contributed by atoms with Gasteiger partial charge in [0.05, 0.1) is 22.8 Å². The lowest BCUT2D eigenvalue weighted by atomic mass is 10.2. The highest BCUT2D eigenvalue weighted by Gasteiger charge is 2.73. The molecule has 0 atom stereocenters. The number of hydrogen-bond donors (Lipinski definition) is 1. The summed E-state index contributed by atoms with van der Waals surface area (Å²) in [6, 6.07) is 0. The molecule has 1 nitrogen and oxygen atoms in total. The minimum atomic E-state index is -2.42. The van der Waals surface area contributed by atoms with Crippen molar-refractivity contribution in [2.45, 2.75) is 117 Å². The molecule has 23 heavy (non-hydrogen) atoms. The topological polar surface area (TPSA) is 20.2 Å². The van der Waals surface area contributed by atoms with E-state index in [9.17, 15) is 4.80 Å². The molecule has 1 N–H and O–H groups in total. The van der Waals surface area contributed by atoms with Crippen LogP contribution < -0.4 is 0 Å². The Balaban J connectivity index is 6.97. The van der Waals surface area contributed by atoms with E-state index < -0.39 is 29.6 Å². The summed E-state index contributed by atoms with van der Waals surface area (Å²) >= 11 is 0. The van der Waals surface area contributed by atoms with Gasteiger partial charge in [-0.15, -0.1) is 0 Å². The van der Waals surface area contributed by atoms with E-state index >= 15 is 0 Å². The van der Waals surface area contributed by atoms with Crippen molar-refractivity contribution in [3.8, 4) is 0 Å². The molecule has 0 rings (SSSR count). The van der Waals surface area contributed by atoms with Crippen LogP contribution in [0.5, 0.6) is 0 Å². The van der Waals surface area contributed by atoms with Gasteiger partial charge >= 0.3 is 0 Å². The molecule has 0 bridgehead atoms. The Kier molecular flexibility index (Phi) is 6.14. The summed E-state index contributed by atoms with van der Waals surface area (Å²) < 4.78 is 0. The molecule has 0 radical (unpaired) electrons. The Labute approximate surface area is 151 Å². The first-order chi connectivity index (χ1) is 9.50. The first-order valence-electron chi connectivity index (χ1n) is 9.22. The molecule has 0 aliphatic heterocycles. The summed E-state index contributed by atoms with van der Waals surface area (Å²) in [6.45, 7) is 34.3. The maximum absolute atomic E-state index is 12.9. The molecule has 5 heteroatoms. The zero-order chi connectivity index (χ0) is 19.5. The van der Waals surface area contributed by atoms with Gasteiger partial charge in [-0.2, -0.15) is 0 Å². The second-order valence-corrected chi connectivity index (χ2v) is 50.3. The Morgan fingerprint density at radius 3 is 0.652 bits per heavy atom. The molecular weight excluding hydrogens is 345 g/mol. The quantitative estimate of drug-likeness (QED) is 0.532. The van der Waals surface area contributed by atoms with Gasteiger partial charge < -0.3 is 4.80 Å². The summed E-state index contributed by atoms with van der Waals surface area (Å²) in [7, 11) is -5.49. The monoisotopic (exact) mass is 390 g/mol. The fourth-order valence-electron chi connectivity index (χ4n) is 3.97. The Bertz CT molecular complexity index is 367. The molecule has 0 aromatic carbocycles. The Morgan fingerprint density at radius 2 is 0.565 bits per heavy atom. The van der Waals surface area contributed by atoms with Gasteiger partial charge in [0.25, 0.3) is 0 Å². The highest BCUT2D eigenvalue weighted by molar-refractivity contribution is 7.88. The van der Waals surface area contributed by atoms with Crippen molar-refractivity contribution in [1.29, 1.82) is 0 Å². The van der Waals surface area contributed by atoms with Gasteiger partial charge in [0, 0.05) is 0 Å². The largest absolute Gasteiger partial charge is 0.440 e. The standard InChI is InChI=1S/C18H46OSi4/c1-16(2,3)20(10,11)23(19,21(12,13)17(4,5)6)22(14,15)18(7,8)9/h19H,1-15H3. The van der Waals surface area contributed by atoms with Crippen LogP contribution in [0.25, 0.3) is 0 Å². The van der Waals surface area contributed by atoms with E-state index in [2.05, 4.69) is 102 Å². The van der Waals surface area contributed by atoms with Crippen molar-refractivity contribution >= 4 is 29.6 Å². The molecule has 0 fully saturated rings. The molecule has 0 spiro atoms. The second-order valence-electron chi connectivity index (χ2n) is 12.3. The van der Waals surface area contributed by atoms with Crippen LogP contribution in [-0.4, -0.2) is 34.4 Å². The predicted molar refractivity (Wildman–Crippen MR) is 120 cm³/mol. The molecule has 0 saturated carbocycles. The zero-order valence-electron chi connectivity index (χ0n) is 18.9. The first kappa shape index (κ1) is 23.8. The average Bonchev–Trinajstić information content (AvgIpc) is 2.22. The van der Waals surface area contributed by atoms with Gasteiger partial charge in [0.15, 0.2) is 6.87 Å². The van der Waals surface area contributed by atoms with E-state index in [0.29, 0.717) is 0 Å². The molecule has 0 saturated heterocycles. The molecule has 140 valence electrons. The summed E-state index contributed by atoms with van der Waals surface area (Å²) in [5.41, 5.74) is 0. The summed E-state index contributed by atoms with van der Waals surface area (Å²) in [4.78, 5) is 12.9. The zero-order valence-corrected chi connectivity index (χ0v) is 22.9. The fraction of sp³-hybridized carbons (Fsp3) is 1.00. The van der Waals surface area contributed by atoms with E-state index in [1.54, 1.807) is 0 Å². The summed E-state index contributed by atoms with van der Waals surface area (Å²) in [6.07, 6.45) is 0. The third kappa shape index (κ3) is 3.29. The van der Waals surface area contributed by atoms with Gasteiger partial charge in [0.1, 0.15) is 0 Å². The minimum Gasteiger partial charge on any atom is -0.440 e. The normalized spacial score (nSPS) is 16.7. The van der Waals surface area contributed by atoms with Crippen LogP contribution in [0, 0.1) is 0 Å².